The average molecular weight is 625 g/mol. The van der Waals surface area contributed by atoms with Crippen molar-refractivity contribution in [2.75, 3.05) is 0 Å². The Morgan fingerprint density at radius 3 is 1.87 bits per heavy atom. The van der Waals surface area contributed by atoms with Gasteiger partial charge in [0, 0.05) is 44.2 Å². The molecule has 0 bridgehead atoms. The van der Waals surface area contributed by atoms with E-state index in [0.29, 0.717) is 11.6 Å². The summed E-state index contributed by atoms with van der Waals surface area (Å²) < 4.78 is 2.25. The Hall–Kier alpha value is -6.11. The third-order valence-electron chi connectivity index (χ3n) is 8.51. The zero-order valence-corrected chi connectivity index (χ0v) is 25.7. The van der Waals surface area contributed by atoms with Gasteiger partial charge in [0.2, 0.25) is 5.28 Å². The van der Waals surface area contributed by atoms with Gasteiger partial charge in [-0.15, -0.1) is 0 Å². The zero-order valence-electron chi connectivity index (χ0n) is 25.0. The fourth-order valence-electron chi connectivity index (χ4n) is 6.33. The lowest BCUT2D eigenvalue weighted by atomic mass is 10.0. The van der Waals surface area contributed by atoms with Gasteiger partial charge in [0.05, 0.1) is 11.0 Å². The van der Waals surface area contributed by atoms with Crippen LogP contribution in [0.2, 0.25) is 5.28 Å². The molecule has 1 N–H and O–H groups in total. The number of imidazole rings is 1. The number of benzene rings is 6. The molecule has 0 aliphatic rings. The van der Waals surface area contributed by atoms with E-state index in [2.05, 4.69) is 117 Å². The highest BCUT2D eigenvalue weighted by Gasteiger charge is 2.18. The summed E-state index contributed by atoms with van der Waals surface area (Å²) in [5, 5.41) is 2.53. The van der Waals surface area contributed by atoms with E-state index in [1.807, 2.05) is 48.5 Å². The summed E-state index contributed by atoms with van der Waals surface area (Å²) in [5.74, 6) is 1.94. The van der Waals surface area contributed by atoms with Gasteiger partial charge in [0.25, 0.3) is 0 Å². The number of hydrogen-bond donors (Lipinski definition) is 1. The molecule has 0 saturated heterocycles. The largest absolute Gasteiger partial charge is 0.354 e. The Balaban J connectivity index is 1.17. The molecule has 6 nitrogen and oxygen atoms in total. The van der Waals surface area contributed by atoms with Crippen molar-refractivity contribution in [3.63, 3.8) is 0 Å². The molecule has 0 fully saturated rings. The Morgan fingerprint density at radius 2 is 1.09 bits per heavy atom. The predicted octanol–water partition coefficient (Wildman–Crippen LogP) is 10.2. The molecule has 47 heavy (non-hydrogen) atoms. The molecule has 0 aliphatic heterocycles. The van der Waals surface area contributed by atoms with Gasteiger partial charge < -0.3 is 4.98 Å². The average Bonchev–Trinajstić information content (AvgIpc) is 3.69. The molecule has 0 spiro atoms. The van der Waals surface area contributed by atoms with Gasteiger partial charge in [-0.3, -0.25) is 4.57 Å². The maximum atomic E-state index is 6.38. The van der Waals surface area contributed by atoms with Gasteiger partial charge in [-0.05, 0) is 65.2 Å². The molecular weight excluding hydrogens is 600 g/mol. The Labute approximate surface area is 275 Å². The molecule has 0 atom stereocenters. The van der Waals surface area contributed by atoms with Gasteiger partial charge in [0.1, 0.15) is 5.82 Å². The Kier molecular flexibility index (Phi) is 6.40. The lowest BCUT2D eigenvalue weighted by Crippen LogP contribution is -1.98. The highest BCUT2D eigenvalue weighted by molar-refractivity contribution is 6.28. The molecule has 0 unspecified atom stereocenters. The van der Waals surface area contributed by atoms with E-state index in [4.69, 9.17) is 21.6 Å². The summed E-state index contributed by atoms with van der Waals surface area (Å²) in [6.07, 6.45) is 0. The lowest BCUT2D eigenvalue weighted by Gasteiger charge is -2.11. The standard InChI is InChI=1S/C40H25ClN6/c41-40-45-37(25-11-3-1-4-12-25)44-38(46-40)28-15-9-13-26(21-28)27-14-10-16-29(22-27)39-43-35-24-34-32(31-19-7-8-20-33(31)42-34)23-36(35)47(39)30-17-5-2-6-18-30/h1-24,42H. The van der Waals surface area contributed by atoms with E-state index in [1.165, 1.54) is 10.8 Å². The predicted molar refractivity (Wildman–Crippen MR) is 191 cm³/mol. The van der Waals surface area contributed by atoms with Crippen molar-refractivity contribution < 1.29 is 0 Å². The van der Waals surface area contributed by atoms with E-state index >= 15 is 0 Å². The van der Waals surface area contributed by atoms with Crippen LogP contribution in [0, 0.1) is 0 Å². The molecule has 6 aromatic carbocycles. The fourth-order valence-corrected chi connectivity index (χ4v) is 6.49. The minimum atomic E-state index is 0.158. The number of nitrogens with zero attached hydrogens (tertiary/aromatic N) is 5. The first kappa shape index (κ1) is 27.2. The van der Waals surface area contributed by atoms with Gasteiger partial charge in [0.15, 0.2) is 11.6 Å². The van der Waals surface area contributed by atoms with Crippen molar-refractivity contribution in [3.05, 3.63) is 151 Å². The van der Waals surface area contributed by atoms with Crippen LogP contribution < -0.4 is 0 Å². The summed E-state index contributed by atoms with van der Waals surface area (Å²) in [4.78, 5) is 22.4. The Morgan fingerprint density at radius 1 is 0.468 bits per heavy atom. The number of hydrogen-bond acceptors (Lipinski definition) is 4. The highest BCUT2D eigenvalue weighted by atomic mass is 35.5. The van der Waals surface area contributed by atoms with Crippen LogP contribution in [-0.2, 0) is 0 Å². The molecular formula is C40H25ClN6. The number of aromatic nitrogens is 6. The fraction of sp³-hybridized carbons (Fsp3) is 0. The normalized spacial score (nSPS) is 11.5. The summed E-state index contributed by atoms with van der Waals surface area (Å²) in [6, 6.07) is 49.7. The van der Waals surface area contributed by atoms with E-state index < -0.39 is 0 Å². The molecule has 7 heteroatoms. The molecule has 9 rings (SSSR count). The van der Waals surface area contributed by atoms with Gasteiger partial charge >= 0.3 is 0 Å². The molecule has 9 aromatic rings. The SMILES string of the molecule is Clc1nc(-c2ccccc2)nc(-c2cccc(-c3cccc(-c4nc5cc6[nH]c7ccccc7c6cc5n4-c4ccccc4)c3)c2)n1. The van der Waals surface area contributed by atoms with Crippen LogP contribution in [0.4, 0.5) is 0 Å². The Bertz CT molecular complexity index is 2590. The number of H-pyrrole nitrogens is 1. The van der Waals surface area contributed by atoms with E-state index in [1.54, 1.807) is 0 Å². The molecule has 3 heterocycles. The highest BCUT2D eigenvalue weighted by Crippen LogP contribution is 2.36. The van der Waals surface area contributed by atoms with E-state index in [0.717, 1.165) is 61.4 Å². The van der Waals surface area contributed by atoms with Crippen LogP contribution in [0.25, 0.3) is 83.8 Å². The summed E-state index contributed by atoms with van der Waals surface area (Å²) in [7, 11) is 0. The van der Waals surface area contributed by atoms with Crippen LogP contribution in [-0.4, -0.2) is 29.5 Å². The van der Waals surface area contributed by atoms with Gasteiger partial charge in [-0.2, -0.15) is 9.97 Å². The second-order valence-corrected chi connectivity index (χ2v) is 11.8. The van der Waals surface area contributed by atoms with Crippen LogP contribution in [0.3, 0.4) is 0 Å². The number of fused-ring (bicyclic) bond motifs is 4. The maximum Gasteiger partial charge on any atom is 0.226 e. The first-order valence-electron chi connectivity index (χ1n) is 15.3. The molecule has 0 aliphatic carbocycles. The molecule has 3 aromatic heterocycles. The van der Waals surface area contributed by atoms with Crippen LogP contribution >= 0.6 is 11.6 Å². The molecule has 0 radical (unpaired) electrons. The van der Waals surface area contributed by atoms with Crippen molar-refractivity contribution in [2.45, 2.75) is 0 Å². The molecule has 222 valence electrons. The van der Waals surface area contributed by atoms with Crippen molar-refractivity contribution >= 4 is 44.4 Å². The van der Waals surface area contributed by atoms with Gasteiger partial charge in [-0.25, -0.2) is 9.97 Å². The quantitative estimate of drug-likeness (QED) is 0.207. The number of para-hydroxylation sites is 2. The summed E-state index contributed by atoms with van der Waals surface area (Å²) in [6.45, 7) is 0. The molecule has 0 amide bonds. The zero-order chi connectivity index (χ0) is 31.3. The van der Waals surface area contributed by atoms with Crippen molar-refractivity contribution in [2.24, 2.45) is 0 Å². The first-order chi connectivity index (χ1) is 23.2. The van der Waals surface area contributed by atoms with E-state index in [-0.39, 0.29) is 5.28 Å². The smallest absolute Gasteiger partial charge is 0.226 e. The number of halogens is 1. The topological polar surface area (TPSA) is 72.3 Å². The summed E-state index contributed by atoms with van der Waals surface area (Å²) >= 11 is 6.38. The third-order valence-corrected chi connectivity index (χ3v) is 8.68. The first-order valence-corrected chi connectivity index (χ1v) is 15.7. The van der Waals surface area contributed by atoms with Crippen molar-refractivity contribution in [3.8, 4) is 51.0 Å². The second-order valence-electron chi connectivity index (χ2n) is 11.4. The minimum absolute atomic E-state index is 0.158. The minimum Gasteiger partial charge on any atom is -0.354 e. The van der Waals surface area contributed by atoms with Crippen molar-refractivity contribution in [1.29, 1.82) is 0 Å². The van der Waals surface area contributed by atoms with Gasteiger partial charge in [-0.1, -0.05) is 103 Å². The van der Waals surface area contributed by atoms with Crippen LogP contribution in [0.15, 0.2) is 146 Å². The third kappa shape index (κ3) is 4.83. The summed E-state index contributed by atoms with van der Waals surface area (Å²) in [5.41, 5.74) is 10.1. The number of rotatable bonds is 5. The van der Waals surface area contributed by atoms with E-state index in [9.17, 15) is 0 Å². The van der Waals surface area contributed by atoms with Crippen molar-refractivity contribution in [1.82, 2.24) is 29.5 Å². The maximum absolute atomic E-state index is 6.38. The lowest BCUT2D eigenvalue weighted by molar-refractivity contribution is 1.07. The number of aromatic amines is 1. The monoisotopic (exact) mass is 624 g/mol. The second kappa shape index (κ2) is 11.1. The molecule has 0 saturated carbocycles. The number of nitrogens with one attached hydrogen (secondary N) is 1. The van der Waals surface area contributed by atoms with Crippen LogP contribution in [0.1, 0.15) is 0 Å². The van der Waals surface area contributed by atoms with Crippen LogP contribution in [0.5, 0.6) is 0 Å².